The van der Waals surface area contributed by atoms with Crippen LogP contribution in [0.3, 0.4) is 0 Å². The molecule has 0 radical (unpaired) electrons. The van der Waals surface area contributed by atoms with Gasteiger partial charge in [-0.1, -0.05) is 0 Å². The lowest BCUT2D eigenvalue weighted by molar-refractivity contribution is 0.312. The summed E-state index contributed by atoms with van der Waals surface area (Å²) in [6.07, 6.45) is 5.64. The molecule has 0 saturated carbocycles. The van der Waals surface area contributed by atoms with Crippen molar-refractivity contribution in [2.24, 2.45) is 0 Å². The van der Waals surface area contributed by atoms with Crippen molar-refractivity contribution in [3.63, 3.8) is 0 Å². The van der Waals surface area contributed by atoms with Gasteiger partial charge in [0.15, 0.2) is 0 Å². The fourth-order valence-electron chi connectivity index (χ4n) is 1.14. The molecule has 1 rings (SSSR count). The van der Waals surface area contributed by atoms with Crippen LogP contribution in [0.1, 0.15) is 19.3 Å². The molecule has 0 unspecified atom stereocenters. The molecule has 1 saturated heterocycles. The smallest absolute Gasteiger partial charge is 0.0615 e. The monoisotopic (exact) mass is 124 g/mol. The van der Waals surface area contributed by atoms with Gasteiger partial charge in [-0.15, -0.1) is 0 Å². The Hall–Kier alpha value is -0.750. The Balaban J connectivity index is 2.31. The minimum absolute atomic E-state index is 1.12. The van der Waals surface area contributed by atoms with E-state index in [9.17, 15) is 0 Å². The Kier molecular flexibility index (Phi) is 2.34. The summed E-state index contributed by atoms with van der Waals surface area (Å²) >= 11 is 0. The zero-order chi connectivity index (χ0) is 6.53. The molecule has 0 atom stereocenters. The van der Waals surface area contributed by atoms with Gasteiger partial charge in [-0.25, -0.2) is 0 Å². The summed E-state index contributed by atoms with van der Waals surface area (Å²) in [6.45, 7) is 2.23. The average molecular weight is 124 g/mol. The predicted molar refractivity (Wildman–Crippen MR) is 37.7 cm³/mol. The van der Waals surface area contributed by atoms with Crippen molar-refractivity contribution < 1.29 is 0 Å². The molecule has 0 spiro atoms. The number of nitrogens with zero attached hydrogens (tertiary/aromatic N) is 1. The summed E-state index contributed by atoms with van der Waals surface area (Å²) in [5.74, 6) is 2.29. The van der Waals surface area contributed by atoms with Crippen LogP contribution < -0.4 is 0 Å². The maximum Gasteiger partial charge on any atom is 0.0615 e. The number of hydrogen-bond acceptors (Lipinski definition) is 2. The van der Waals surface area contributed by atoms with E-state index in [-0.39, 0.29) is 0 Å². The standard InChI is InChI=1S/C7H12N2/c8-4-7-9-5-2-1-3-6-9/h7-8H,1-3,5-6H2. The Morgan fingerprint density at radius 3 is 2.44 bits per heavy atom. The van der Waals surface area contributed by atoms with Crippen molar-refractivity contribution in [1.29, 1.82) is 5.41 Å². The van der Waals surface area contributed by atoms with E-state index in [1.807, 2.05) is 0 Å². The molecule has 0 bridgehead atoms. The molecule has 0 aromatic rings. The van der Waals surface area contributed by atoms with Gasteiger partial charge in [-0.2, -0.15) is 0 Å². The molecule has 1 heterocycles. The second kappa shape index (κ2) is 3.31. The first-order valence-electron chi connectivity index (χ1n) is 3.43. The molecule has 0 amide bonds. The van der Waals surface area contributed by atoms with E-state index in [4.69, 9.17) is 5.41 Å². The third-order valence-corrected chi connectivity index (χ3v) is 1.64. The third-order valence-electron chi connectivity index (χ3n) is 1.64. The van der Waals surface area contributed by atoms with Crippen molar-refractivity contribution >= 4 is 5.87 Å². The molecular weight excluding hydrogens is 112 g/mol. The molecule has 0 aliphatic carbocycles. The van der Waals surface area contributed by atoms with E-state index < -0.39 is 0 Å². The highest BCUT2D eigenvalue weighted by Crippen LogP contribution is 2.07. The van der Waals surface area contributed by atoms with Crippen LogP contribution in [0, 0.1) is 5.41 Å². The maximum atomic E-state index is 6.69. The van der Waals surface area contributed by atoms with E-state index in [0.717, 1.165) is 13.1 Å². The second-order valence-corrected chi connectivity index (χ2v) is 2.37. The van der Waals surface area contributed by atoms with E-state index in [0.29, 0.717) is 0 Å². The topological polar surface area (TPSA) is 27.1 Å². The Morgan fingerprint density at radius 2 is 1.89 bits per heavy atom. The number of hydrogen-bond donors (Lipinski definition) is 1. The van der Waals surface area contributed by atoms with Gasteiger partial charge in [0.2, 0.25) is 0 Å². The highest BCUT2D eigenvalue weighted by molar-refractivity contribution is 5.46. The molecule has 2 heteroatoms. The Bertz CT molecular complexity index is 119. The molecule has 2 nitrogen and oxygen atoms in total. The number of nitrogens with one attached hydrogen (secondary N) is 1. The molecular formula is C7H12N2. The van der Waals surface area contributed by atoms with Crippen LogP contribution in [0.5, 0.6) is 0 Å². The molecule has 0 aromatic carbocycles. The lowest BCUT2D eigenvalue weighted by Crippen LogP contribution is -2.24. The van der Waals surface area contributed by atoms with Crippen molar-refractivity contribution in [3.05, 3.63) is 6.20 Å². The average Bonchev–Trinajstić information content (AvgIpc) is 1.91. The molecule has 1 fully saturated rings. The maximum absolute atomic E-state index is 6.69. The van der Waals surface area contributed by atoms with Gasteiger partial charge in [0.25, 0.3) is 0 Å². The summed E-state index contributed by atoms with van der Waals surface area (Å²) < 4.78 is 0. The van der Waals surface area contributed by atoms with Crippen molar-refractivity contribution in [2.45, 2.75) is 19.3 Å². The van der Waals surface area contributed by atoms with E-state index in [2.05, 4.69) is 10.8 Å². The summed E-state index contributed by atoms with van der Waals surface area (Å²) in [6, 6.07) is 0. The summed E-state index contributed by atoms with van der Waals surface area (Å²) in [5.41, 5.74) is 0. The lowest BCUT2D eigenvalue weighted by atomic mass is 10.1. The summed E-state index contributed by atoms with van der Waals surface area (Å²) in [4.78, 5) is 2.15. The molecule has 1 aliphatic heterocycles. The summed E-state index contributed by atoms with van der Waals surface area (Å²) in [5, 5.41) is 6.69. The molecule has 1 aliphatic rings. The number of likely N-dealkylation sites (tertiary alicyclic amines) is 1. The molecule has 50 valence electrons. The quantitative estimate of drug-likeness (QED) is 0.523. The van der Waals surface area contributed by atoms with Gasteiger partial charge >= 0.3 is 0 Å². The Morgan fingerprint density at radius 1 is 1.22 bits per heavy atom. The highest BCUT2D eigenvalue weighted by Gasteiger charge is 2.03. The van der Waals surface area contributed by atoms with Crippen molar-refractivity contribution in [2.75, 3.05) is 13.1 Å². The SMILES string of the molecule is N=C=CN1CCCCC1. The molecule has 9 heavy (non-hydrogen) atoms. The summed E-state index contributed by atoms with van der Waals surface area (Å²) in [7, 11) is 0. The van der Waals surface area contributed by atoms with Gasteiger partial charge < -0.3 is 4.90 Å². The van der Waals surface area contributed by atoms with Crippen LogP contribution in [0.2, 0.25) is 0 Å². The first-order chi connectivity index (χ1) is 4.43. The van der Waals surface area contributed by atoms with E-state index in [1.54, 1.807) is 6.20 Å². The van der Waals surface area contributed by atoms with Crippen LogP contribution in [0.25, 0.3) is 0 Å². The minimum Gasteiger partial charge on any atom is -0.370 e. The number of piperidine rings is 1. The fraction of sp³-hybridized carbons (Fsp3) is 0.714. The van der Waals surface area contributed by atoms with E-state index in [1.165, 1.54) is 19.3 Å². The highest BCUT2D eigenvalue weighted by atomic mass is 15.1. The first-order valence-corrected chi connectivity index (χ1v) is 3.43. The van der Waals surface area contributed by atoms with Crippen LogP contribution in [0.4, 0.5) is 0 Å². The first kappa shape index (κ1) is 6.37. The van der Waals surface area contributed by atoms with Gasteiger partial charge in [0, 0.05) is 13.1 Å². The van der Waals surface area contributed by atoms with Crippen molar-refractivity contribution in [3.8, 4) is 0 Å². The molecule has 1 N–H and O–H groups in total. The molecule has 0 aromatic heterocycles. The van der Waals surface area contributed by atoms with Crippen LogP contribution in [-0.4, -0.2) is 23.9 Å². The van der Waals surface area contributed by atoms with Gasteiger partial charge in [0.05, 0.1) is 6.20 Å². The predicted octanol–water partition coefficient (Wildman–Crippen LogP) is 1.23. The Labute approximate surface area is 55.7 Å². The second-order valence-electron chi connectivity index (χ2n) is 2.37. The van der Waals surface area contributed by atoms with Crippen LogP contribution in [0.15, 0.2) is 6.20 Å². The van der Waals surface area contributed by atoms with Crippen molar-refractivity contribution in [1.82, 2.24) is 4.90 Å². The van der Waals surface area contributed by atoms with Gasteiger partial charge in [-0.3, -0.25) is 5.41 Å². The van der Waals surface area contributed by atoms with Crippen LogP contribution in [-0.2, 0) is 0 Å². The zero-order valence-electron chi connectivity index (χ0n) is 5.56. The van der Waals surface area contributed by atoms with Crippen LogP contribution >= 0.6 is 0 Å². The minimum atomic E-state index is 1.12. The number of rotatable bonds is 1. The fourth-order valence-corrected chi connectivity index (χ4v) is 1.14. The van der Waals surface area contributed by atoms with Gasteiger partial charge in [-0.05, 0) is 25.1 Å². The van der Waals surface area contributed by atoms with E-state index >= 15 is 0 Å². The third kappa shape index (κ3) is 1.90. The lowest BCUT2D eigenvalue weighted by Gasteiger charge is -2.23. The van der Waals surface area contributed by atoms with Gasteiger partial charge in [0.1, 0.15) is 0 Å². The largest absolute Gasteiger partial charge is 0.370 e. The normalized spacial score (nSPS) is 18.9. The zero-order valence-corrected chi connectivity index (χ0v) is 5.56.